The molecule has 1 aromatic rings. The molecule has 2 nitrogen and oxygen atoms in total. The summed E-state index contributed by atoms with van der Waals surface area (Å²) in [5, 5.41) is 10.2. The molecule has 1 N–H and O–H groups in total. The molecule has 0 unspecified atom stereocenters. The van der Waals surface area contributed by atoms with Gasteiger partial charge < -0.3 is 5.11 Å². The maximum atomic E-state index is 10.2. The summed E-state index contributed by atoms with van der Waals surface area (Å²) in [6.07, 6.45) is 0.934. The molecule has 0 saturated carbocycles. The first kappa shape index (κ1) is 17.2. The van der Waals surface area contributed by atoms with Crippen LogP contribution in [0.4, 0.5) is 0 Å². The summed E-state index contributed by atoms with van der Waals surface area (Å²) in [6, 6.07) is 8.66. The Labute approximate surface area is 124 Å². The van der Waals surface area contributed by atoms with Crippen LogP contribution in [0, 0.1) is 18.8 Å². The molecule has 0 spiro atoms. The van der Waals surface area contributed by atoms with Crippen LogP contribution >= 0.6 is 0 Å². The summed E-state index contributed by atoms with van der Waals surface area (Å²) < 4.78 is 0. The van der Waals surface area contributed by atoms with Crippen LogP contribution in [0.15, 0.2) is 24.3 Å². The fourth-order valence-corrected chi connectivity index (χ4v) is 2.22. The number of aliphatic hydroxyl groups is 1. The zero-order valence-corrected chi connectivity index (χ0v) is 13.8. The van der Waals surface area contributed by atoms with Crippen LogP contribution in [0.25, 0.3) is 0 Å². The zero-order valence-electron chi connectivity index (χ0n) is 13.8. The predicted molar refractivity (Wildman–Crippen MR) is 86.8 cm³/mol. The first-order valence-corrected chi connectivity index (χ1v) is 7.84. The highest BCUT2D eigenvalue weighted by atomic mass is 16.3. The zero-order chi connectivity index (χ0) is 15.1. The molecule has 0 bridgehead atoms. The topological polar surface area (TPSA) is 23.5 Å². The Hall–Kier alpha value is -0.860. The monoisotopic (exact) mass is 277 g/mol. The maximum Gasteiger partial charge on any atom is 0.0690 e. The third kappa shape index (κ3) is 6.53. The van der Waals surface area contributed by atoms with E-state index in [2.05, 4.69) is 63.8 Å². The van der Waals surface area contributed by atoms with E-state index in [1.165, 1.54) is 17.5 Å². The molecule has 1 atom stereocenters. The Morgan fingerprint density at radius 1 is 1.15 bits per heavy atom. The standard InChI is InChI=1S/C18H31NO/c1-14(2)9-10-19(13-18(20)15(3)4)12-17-8-6-7-16(5)11-17/h6-8,11,14-15,18,20H,9-10,12-13H2,1-5H3/t18-/m0/s1. The lowest BCUT2D eigenvalue weighted by Gasteiger charge is -2.27. The largest absolute Gasteiger partial charge is 0.392 e. The molecule has 0 aromatic heterocycles. The molecule has 0 radical (unpaired) electrons. The summed E-state index contributed by atoms with van der Waals surface area (Å²) in [5.74, 6) is 1.01. The van der Waals surface area contributed by atoms with E-state index in [0.717, 1.165) is 19.6 Å². The second-order valence-corrected chi connectivity index (χ2v) is 6.72. The minimum atomic E-state index is -0.244. The Morgan fingerprint density at radius 3 is 2.40 bits per heavy atom. The average molecular weight is 277 g/mol. The van der Waals surface area contributed by atoms with Gasteiger partial charge in [-0.25, -0.2) is 0 Å². The van der Waals surface area contributed by atoms with Crippen molar-refractivity contribution >= 4 is 0 Å². The van der Waals surface area contributed by atoms with E-state index < -0.39 is 0 Å². The molecule has 0 aliphatic rings. The van der Waals surface area contributed by atoms with E-state index in [-0.39, 0.29) is 6.10 Å². The average Bonchev–Trinajstić information content (AvgIpc) is 2.35. The lowest BCUT2D eigenvalue weighted by atomic mass is 10.0. The molecule has 0 fully saturated rings. The van der Waals surface area contributed by atoms with Crippen LogP contribution in [0.2, 0.25) is 0 Å². The van der Waals surface area contributed by atoms with Gasteiger partial charge in [-0.2, -0.15) is 0 Å². The lowest BCUT2D eigenvalue weighted by Crippen LogP contribution is -2.35. The summed E-state index contributed by atoms with van der Waals surface area (Å²) in [5.41, 5.74) is 2.64. The van der Waals surface area contributed by atoms with Crippen molar-refractivity contribution in [1.29, 1.82) is 0 Å². The number of benzene rings is 1. The fraction of sp³-hybridized carbons (Fsp3) is 0.667. The highest BCUT2D eigenvalue weighted by molar-refractivity contribution is 5.22. The molecule has 0 aliphatic heterocycles. The quantitative estimate of drug-likeness (QED) is 0.780. The summed E-state index contributed by atoms with van der Waals surface area (Å²) in [4.78, 5) is 2.39. The van der Waals surface area contributed by atoms with Crippen molar-refractivity contribution in [3.8, 4) is 0 Å². The molecule has 1 rings (SSSR count). The number of rotatable bonds is 8. The van der Waals surface area contributed by atoms with Crippen molar-refractivity contribution in [3.63, 3.8) is 0 Å². The normalized spacial score (nSPS) is 13.4. The molecular formula is C18H31NO. The maximum absolute atomic E-state index is 10.2. The Balaban J connectivity index is 2.66. The third-order valence-electron chi connectivity index (χ3n) is 3.73. The van der Waals surface area contributed by atoms with Crippen LogP contribution in [-0.4, -0.2) is 29.2 Å². The Bertz CT molecular complexity index is 387. The fourth-order valence-electron chi connectivity index (χ4n) is 2.22. The smallest absolute Gasteiger partial charge is 0.0690 e. The van der Waals surface area contributed by atoms with E-state index in [9.17, 15) is 5.11 Å². The number of aliphatic hydroxyl groups excluding tert-OH is 1. The number of aryl methyl sites for hydroxylation is 1. The van der Waals surface area contributed by atoms with Crippen LogP contribution in [-0.2, 0) is 6.54 Å². The van der Waals surface area contributed by atoms with Gasteiger partial charge in [0.05, 0.1) is 6.10 Å². The molecule has 0 heterocycles. The summed E-state index contributed by atoms with van der Waals surface area (Å²) in [7, 11) is 0. The third-order valence-corrected chi connectivity index (χ3v) is 3.73. The van der Waals surface area contributed by atoms with Crippen LogP contribution < -0.4 is 0 Å². The van der Waals surface area contributed by atoms with Crippen molar-refractivity contribution in [1.82, 2.24) is 4.90 Å². The highest BCUT2D eigenvalue weighted by Crippen LogP contribution is 2.12. The van der Waals surface area contributed by atoms with Crippen molar-refractivity contribution < 1.29 is 5.11 Å². The number of hydrogen-bond acceptors (Lipinski definition) is 2. The van der Waals surface area contributed by atoms with Crippen LogP contribution in [0.3, 0.4) is 0 Å². The van der Waals surface area contributed by atoms with E-state index >= 15 is 0 Å². The molecule has 20 heavy (non-hydrogen) atoms. The summed E-state index contributed by atoms with van der Waals surface area (Å²) >= 11 is 0. The SMILES string of the molecule is Cc1cccc(CN(CCC(C)C)C[C@H](O)C(C)C)c1. The van der Waals surface area contributed by atoms with Crippen LogP contribution in [0.1, 0.15) is 45.2 Å². The van der Waals surface area contributed by atoms with Gasteiger partial charge >= 0.3 is 0 Å². The number of nitrogens with zero attached hydrogens (tertiary/aromatic N) is 1. The van der Waals surface area contributed by atoms with Gasteiger partial charge in [0.2, 0.25) is 0 Å². The van der Waals surface area contributed by atoms with Gasteiger partial charge in [-0.1, -0.05) is 57.5 Å². The molecule has 1 aromatic carbocycles. The molecule has 0 saturated heterocycles. The van der Waals surface area contributed by atoms with E-state index in [0.29, 0.717) is 11.8 Å². The van der Waals surface area contributed by atoms with Gasteiger partial charge in [0.1, 0.15) is 0 Å². The van der Waals surface area contributed by atoms with E-state index in [1.807, 2.05) is 0 Å². The van der Waals surface area contributed by atoms with Crippen LogP contribution in [0.5, 0.6) is 0 Å². The highest BCUT2D eigenvalue weighted by Gasteiger charge is 2.15. The minimum Gasteiger partial charge on any atom is -0.392 e. The Morgan fingerprint density at radius 2 is 1.85 bits per heavy atom. The molecule has 114 valence electrons. The second kappa shape index (κ2) is 8.43. The van der Waals surface area contributed by atoms with Crippen molar-refractivity contribution in [2.45, 2.75) is 53.7 Å². The van der Waals surface area contributed by atoms with Gasteiger partial charge in [0.25, 0.3) is 0 Å². The van der Waals surface area contributed by atoms with Gasteiger partial charge in [-0.3, -0.25) is 4.90 Å². The first-order valence-electron chi connectivity index (χ1n) is 7.84. The molecule has 2 heteroatoms. The number of hydrogen-bond donors (Lipinski definition) is 1. The lowest BCUT2D eigenvalue weighted by molar-refractivity contribution is 0.0711. The van der Waals surface area contributed by atoms with Gasteiger partial charge in [0.15, 0.2) is 0 Å². The van der Waals surface area contributed by atoms with Gasteiger partial charge in [-0.05, 0) is 37.3 Å². The van der Waals surface area contributed by atoms with Crippen molar-refractivity contribution in [3.05, 3.63) is 35.4 Å². The Kier molecular flexibility index (Phi) is 7.25. The molecular weight excluding hydrogens is 246 g/mol. The van der Waals surface area contributed by atoms with Gasteiger partial charge in [-0.15, -0.1) is 0 Å². The van der Waals surface area contributed by atoms with E-state index in [1.54, 1.807) is 0 Å². The first-order chi connectivity index (χ1) is 9.38. The second-order valence-electron chi connectivity index (χ2n) is 6.72. The van der Waals surface area contributed by atoms with Crippen molar-refractivity contribution in [2.24, 2.45) is 11.8 Å². The minimum absolute atomic E-state index is 0.244. The molecule has 0 amide bonds. The van der Waals surface area contributed by atoms with Crippen molar-refractivity contribution in [2.75, 3.05) is 13.1 Å². The predicted octanol–water partition coefficient (Wildman–Crippen LogP) is 3.86. The molecule has 0 aliphatic carbocycles. The van der Waals surface area contributed by atoms with E-state index in [4.69, 9.17) is 0 Å². The summed E-state index contributed by atoms with van der Waals surface area (Å²) in [6.45, 7) is 13.5. The van der Waals surface area contributed by atoms with Gasteiger partial charge in [0, 0.05) is 13.1 Å².